The van der Waals surface area contributed by atoms with Crippen LogP contribution in [-0.2, 0) is 4.79 Å². The molecule has 1 aliphatic rings. The van der Waals surface area contributed by atoms with Crippen LogP contribution < -0.4 is 0 Å². The van der Waals surface area contributed by atoms with Crippen LogP contribution in [-0.4, -0.2) is 27.7 Å². The molecule has 0 atom stereocenters. The second-order valence-electron chi connectivity index (χ2n) is 6.64. The summed E-state index contributed by atoms with van der Waals surface area (Å²) in [5, 5.41) is 0. The lowest BCUT2D eigenvalue weighted by Gasteiger charge is -2.52. The van der Waals surface area contributed by atoms with Gasteiger partial charge in [-0.05, 0) is 62.4 Å². The summed E-state index contributed by atoms with van der Waals surface area (Å²) in [4.78, 5) is 26.8. The lowest BCUT2D eigenvalue weighted by atomic mass is 9.78. The highest BCUT2D eigenvalue weighted by atomic mass is 127. The molecule has 0 bridgehead atoms. The number of amides is 1. The highest BCUT2D eigenvalue weighted by Crippen LogP contribution is 2.38. The van der Waals surface area contributed by atoms with Gasteiger partial charge in [-0.2, -0.15) is 0 Å². The van der Waals surface area contributed by atoms with Crippen molar-refractivity contribution in [1.82, 2.24) is 4.90 Å². The second-order valence-corrected chi connectivity index (χ2v) is 7.80. The van der Waals surface area contributed by atoms with E-state index in [1.54, 1.807) is 0 Å². The van der Waals surface area contributed by atoms with Gasteiger partial charge in [-0.25, -0.2) is 0 Å². The molecule has 3 nitrogen and oxygen atoms in total. The highest BCUT2D eigenvalue weighted by molar-refractivity contribution is 14.1. The van der Waals surface area contributed by atoms with Crippen molar-refractivity contribution >= 4 is 34.3 Å². The van der Waals surface area contributed by atoms with Crippen LogP contribution in [0.4, 0.5) is 0 Å². The fourth-order valence-electron chi connectivity index (χ4n) is 3.31. The number of hydrogen-bond acceptors (Lipinski definition) is 2. The zero-order valence-electron chi connectivity index (χ0n) is 12.4. The molecule has 0 aliphatic carbocycles. The van der Waals surface area contributed by atoms with Gasteiger partial charge in [0.1, 0.15) is 5.78 Å². The van der Waals surface area contributed by atoms with E-state index in [1.807, 2.05) is 56.9 Å². The van der Waals surface area contributed by atoms with Crippen molar-refractivity contribution in [2.75, 3.05) is 0 Å². The molecule has 2 rings (SSSR count). The fourth-order valence-corrected chi connectivity index (χ4v) is 3.93. The maximum Gasteiger partial charge on any atom is 0.255 e. The topological polar surface area (TPSA) is 37.4 Å². The quantitative estimate of drug-likeness (QED) is 0.692. The largest absolute Gasteiger partial charge is 0.327 e. The Balaban J connectivity index is 2.46. The zero-order chi connectivity index (χ0) is 15.1. The number of hydrogen-bond donors (Lipinski definition) is 0. The molecule has 1 saturated heterocycles. The number of piperidine rings is 1. The van der Waals surface area contributed by atoms with Gasteiger partial charge in [0.15, 0.2) is 0 Å². The molecule has 4 heteroatoms. The number of carbonyl (C=O) groups excluding carboxylic acids is 2. The van der Waals surface area contributed by atoms with Gasteiger partial charge in [0, 0.05) is 27.5 Å². The van der Waals surface area contributed by atoms with Gasteiger partial charge in [-0.15, -0.1) is 0 Å². The number of ketones is 1. The fraction of sp³-hybridized carbons (Fsp3) is 0.500. The number of halogens is 1. The Morgan fingerprint density at radius 2 is 1.60 bits per heavy atom. The third-order valence-electron chi connectivity index (χ3n) is 3.78. The van der Waals surface area contributed by atoms with Crippen molar-refractivity contribution in [1.29, 1.82) is 0 Å². The zero-order valence-corrected chi connectivity index (χ0v) is 14.5. The first kappa shape index (κ1) is 15.5. The monoisotopic (exact) mass is 385 g/mol. The molecule has 1 aliphatic heterocycles. The Labute approximate surface area is 133 Å². The number of rotatable bonds is 1. The number of benzene rings is 1. The van der Waals surface area contributed by atoms with Crippen LogP contribution in [0.3, 0.4) is 0 Å². The normalized spacial score (nSPS) is 20.9. The Bertz CT molecular complexity index is 543. The van der Waals surface area contributed by atoms with E-state index < -0.39 is 11.1 Å². The summed E-state index contributed by atoms with van der Waals surface area (Å²) >= 11 is 2.19. The van der Waals surface area contributed by atoms with Crippen LogP contribution in [0, 0.1) is 3.57 Å². The van der Waals surface area contributed by atoms with Crippen LogP contribution in [0.5, 0.6) is 0 Å². The van der Waals surface area contributed by atoms with Crippen molar-refractivity contribution in [2.24, 2.45) is 0 Å². The van der Waals surface area contributed by atoms with Gasteiger partial charge in [0.25, 0.3) is 5.91 Å². The predicted molar refractivity (Wildman–Crippen MR) is 87.7 cm³/mol. The van der Waals surface area contributed by atoms with Crippen molar-refractivity contribution in [3.63, 3.8) is 0 Å². The molecule has 20 heavy (non-hydrogen) atoms. The average Bonchev–Trinajstić information content (AvgIpc) is 2.24. The third kappa shape index (κ3) is 2.75. The van der Waals surface area contributed by atoms with Gasteiger partial charge < -0.3 is 4.90 Å². The second kappa shape index (κ2) is 5.13. The van der Waals surface area contributed by atoms with Crippen LogP contribution in [0.1, 0.15) is 50.9 Å². The van der Waals surface area contributed by atoms with Crippen LogP contribution in [0.2, 0.25) is 0 Å². The van der Waals surface area contributed by atoms with Crippen molar-refractivity contribution in [3.8, 4) is 0 Å². The summed E-state index contributed by atoms with van der Waals surface area (Å²) in [5.41, 5.74) is -0.187. The minimum Gasteiger partial charge on any atom is -0.327 e. The van der Waals surface area contributed by atoms with E-state index in [-0.39, 0.29) is 11.7 Å². The third-order valence-corrected chi connectivity index (χ3v) is 4.72. The van der Waals surface area contributed by atoms with Gasteiger partial charge in [-0.1, -0.05) is 12.1 Å². The van der Waals surface area contributed by atoms with E-state index in [2.05, 4.69) is 22.6 Å². The predicted octanol–water partition coefficient (Wildman–Crippen LogP) is 3.65. The van der Waals surface area contributed by atoms with Crippen LogP contribution in [0.25, 0.3) is 0 Å². The summed E-state index contributed by atoms with van der Waals surface area (Å²) < 4.78 is 0.943. The van der Waals surface area contributed by atoms with Crippen molar-refractivity contribution in [3.05, 3.63) is 33.4 Å². The molecule has 0 radical (unpaired) electrons. The maximum atomic E-state index is 13.0. The summed E-state index contributed by atoms with van der Waals surface area (Å²) in [6.45, 7) is 7.89. The molecule has 1 aromatic carbocycles. The molecule has 0 aromatic heterocycles. The van der Waals surface area contributed by atoms with Gasteiger partial charge in [-0.3, -0.25) is 9.59 Å². The van der Waals surface area contributed by atoms with Crippen LogP contribution in [0.15, 0.2) is 24.3 Å². The molecule has 1 fully saturated rings. The van der Waals surface area contributed by atoms with Crippen LogP contribution >= 0.6 is 22.6 Å². The van der Waals surface area contributed by atoms with Gasteiger partial charge in [0.2, 0.25) is 0 Å². The molecule has 1 amide bonds. The average molecular weight is 385 g/mol. The van der Waals surface area contributed by atoms with E-state index in [0.29, 0.717) is 18.4 Å². The first-order chi connectivity index (χ1) is 9.15. The number of Topliss-reactive ketones (excluding diaryl/α,β-unsaturated/α-hetero) is 1. The molecule has 0 N–H and O–H groups in total. The standard InChI is InChI=1S/C16H20INO2/c1-15(2)9-11(19)10-16(3,4)18(15)14(20)12-7-5-6-8-13(12)17/h5-8H,9-10H2,1-4H3. The molecular weight excluding hydrogens is 365 g/mol. The molecule has 108 valence electrons. The lowest BCUT2D eigenvalue weighted by Crippen LogP contribution is -2.63. The highest BCUT2D eigenvalue weighted by Gasteiger charge is 2.47. The van der Waals surface area contributed by atoms with Gasteiger partial charge in [0.05, 0.1) is 5.56 Å². The summed E-state index contributed by atoms with van der Waals surface area (Å²) in [7, 11) is 0. The van der Waals surface area contributed by atoms with E-state index in [0.717, 1.165) is 3.57 Å². The number of carbonyl (C=O) groups is 2. The molecule has 1 aromatic rings. The molecule has 1 heterocycles. The van der Waals surface area contributed by atoms with E-state index >= 15 is 0 Å². The Morgan fingerprint density at radius 3 is 2.10 bits per heavy atom. The Hall–Kier alpha value is -0.910. The van der Waals surface area contributed by atoms with Gasteiger partial charge >= 0.3 is 0 Å². The van der Waals surface area contributed by atoms with E-state index in [1.165, 1.54) is 0 Å². The first-order valence-electron chi connectivity index (χ1n) is 6.76. The minimum atomic E-state index is -0.450. The minimum absolute atomic E-state index is 0.0116. The number of nitrogens with zero attached hydrogens (tertiary/aromatic N) is 1. The van der Waals surface area contributed by atoms with Crippen molar-refractivity contribution in [2.45, 2.75) is 51.6 Å². The number of likely N-dealkylation sites (tertiary alicyclic amines) is 1. The molecule has 0 spiro atoms. The smallest absolute Gasteiger partial charge is 0.255 e. The first-order valence-corrected chi connectivity index (χ1v) is 7.84. The molecular formula is C16H20INO2. The van der Waals surface area contributed by atoms with Crippen molar-refractivity contribution < 1.29 is 9.59 Å². The SMILES string of the molecule is CC1(C)CC(=O)CC(C)(C)N1C(=O)c1ccccc1I. The molecule has 0 saturated carbocycles. The summed E-state index contributed by atoms with van der Waals surface area (Å²) in [6.07, 6.45) is 0.844. The molecule has 0 unspecified atom stereocenters. The lowest BCUT2D eigenvalue weighted by molar-refractivity contribution is -0.130. The van der Waals surface area contributed by atoms with E-state index in [9.17, 15) is 9.59 Å². The Kier molecular flexibility index (Phi) is 3.97. The summed E-state index contributed by atoms with van der Waals surface area (Å²) in [6, 6.07) is 7.59. The maximum absolute atomic E-state index is 13.0. The Morgan fingerprint density at radius 1 is 1.10 bits per heavy atom. The van der Waals surface area contributed by atoms with E-state index in [4.69, 9.17) is 0 Å². The summed E-state index contributed by atoms with van der Waals surface area (Å²) in [5.74, 6) is 0.240.